The SMILES string of the molecule is COc1cc(Cl)ncc1C(=O)Nc1ccn(C(F)F)n1. The van der Waals surface area contributed by atoms with Gasteiger partial charge in [-0.15, -0.1) is 0 Å². The molecule has 0 aliphatic carbocycles. The number of hydrogen-bond donors (Lipinski definition) is 1. The number of carbonyl (C=O) groups excluding carboxylic acids is 1. The predicted molar refractivity (Wildman–Crippen MR) is 67.2 cm³/mol. The molecule has 0 bridgehead atoms. The Morgan fingerprint density at radius 1 is 1.55 bits per heavy atom. The summed E-state index contributed by atoms with van der Waals surface area (Å²) in [7, 11) is 1.37. The van der Waals surface area contributed by atoms with E-state index in [9.17, 15) is 13.6 Å². The molecule has 0 spiro atoms. The molecule has 0 aliphatic rings. The van der Waals surface area contributed by atoms with Gasteiger partial charge in [-0.3, -0.25) is 4.79 Å². The van der Waals surface area contributed by atoms with Crippen LogP contribution in [0.1, 0.15) is 16.9 Å². The quantitative estimate of drug-likeness (QED) is 0.881. The molecule has 0 saturated heterocycles. The highest BCUT2D eigenvalue weighted by Crippen LogP contribution is 2.22. The molecule has 0 saturated carbocycles. The lowest BCUT2D eigenvalue weighted by Crippen LogP contribution is -2.14. The Balaban J connectivity index is 2.19. The molecule has 1 amide bonds. The van der Waals surface area contributed by atoms with Gasteiger partial charge in [0, 0.05) is 24.5 Å². The molecule has 6 nitrogen and oxygen atoms in total. The number of anilines is 1. The van der Waals surface area contributed by atoms with E-state index in [1.807, 2.05) is 0 Å². The summed E-state index contributed by atoms with van der Waals surface area (Å²) in [4.78, 5) is 15.7. The standard InChI is InChI=1S/C11H9ClF2N4O2/c1-20-7-4-8(12)15-5-6(7)10(19)16-9-2-3-18(17-9)11(13)14/h2-5,11H,1H3,(H,16,17,19). The summed E-state index contributed by atoms with van der Waals surface area (Å²) in [5.41, 5.74) is 0.114. The van der Waals surface area contributed by atoms with E-state index in [-0.39, 0.29) is 22.3 Å². The smallest absolute Gasteiger partial charge is 0.333 e. The minimum absolute atomic E-state index is 0.00713. The van der Waals surface area contributed by atoms with E-state index in [0.29, 0.717) is 4.68 Å². The lowest BCUT2D eigenvalue weighted by Gasteiger charge is -2.07. The molecule has 0 aliphatic heterocycles. The van der Waals surface area contributed by atoms with Crippen molar-refractivity contribution in [3.63, 3.8) is 0 Å². The molecule has 0 radical (unpaired) electrons. The molecule has 20 heavy (non-hydrogen) atoms. The highest BCUT2D eigenvalue weighted by atomic mass is 35.5. The summed E-state index contributed by atoms with van der Waals surface area (Å²) in [5.74, 6) is -0.381. The van der Waals surface area contributed by atoms with E-state index in [1.165, 1.54) is 25.4 Å². The van der Waals surface area contributed by atoms with Crippen LogP contribution in [0.2, 0.25) is 5.15 Å². The van der Waals surface area contributed by atoms with Gasteiger partial charge in [-0.05, 0) is 0 Å². The Kier molecular flexibility index (Phi) is 4.14. The van der Waals surface area contributed by atoms with E-state index >= 15 is 0 Å². The van der Waals surface area contributed by atoms with Crippen LogP contribution in [0.15, 0.2) is 24.5 Å². The third kappa shape index (κ3) is 3.02. The zero-order valence-electron chi connectivity index (χ0n) is 10.2. The second kappa shape index (κ2) is 5.83. The molecular weight excluding hydrogens is 294 g/mol. The molecule has 0 atom stereocenters. The average molecular weight is 303 g/mol. The lowest BCUT2D eigenvalue weighted by molar-refractivity contribution is 0.0568. The minimum Gasteiger partial charge on any atom is -0.496 e. The van der Waals surface area contributed by atoms with Gasteiger partial charge in [0.25, 0.3) is 5.91 Å². The third-order valence-electron chi connectivity index (χ3n) is 2.35. The van der Waals surface area contributed by atoms with Crippen molar-refractivity contribution < 1.29 is 18.3 Å². The summed E-state index contributed by atoms with van der Waals surface area (Å²) >= 11 is 5.68. The summed E-state index contributed by atoms with van der Waals surface area (Å²) in [6.45, 7) is -2.77. The third-order valence-corrected chi connectivity index (χ3v) is 2.55. The van der Waals surface area contributed by atoms with Crippen molar-refractivity contribution in [2.24, 2.45) is 0 Å². The topological polar surface area (TPSA) is 69.0 Å². The number of carbonyl (C=O) groups is 1. The second-order valence-electron chi connectivity index (χ2n) is 3.62. The van der Waals surface area contributed by atoms with Gasteiger partial charge in [0.2, 0.25) is 0 Å². The van der Waals surface area contributed by atoms with Crippen LogP contribution in [0.4, 0.5) is 14.6 Å². The summed E-state index contributed by atoms with van der Waals surface area (Å²) in [6, 6.07) is 2.62. The number of hydrogen-bond acceptors (Lipinski definition) is 4. The first-order chi connectivity index (χ1) is 9.51. The molecule has 9 heteroatoms. The molecule has 0 aromatic carbocycles. The second-order valence-corrected chi connectivity index (χ2v) is 4.01. The highest BCUT2D eigenvalue weighted by Gasteiger charge is 2.15. The van der Waals surface area contributed by atoms with Gasteiger partial charge in [0.15, 0.2) is 5.82 Å². The van der Waals surface area contributed by atoms with Crippen molar-refractivity contribution >= 4 is 23.3 Å². The van der Waals surface area contributed by atoms with Crippen LogP contribution < -0.4 is 10.1 Å². The first-order valence-corrected chi connectivity index (χ1v) is 5.73. The first kappa shape index (κ1) is 14.2. The maximum Gasteiger partial charge on any atom is 0.333 e. The maximum absolute atomic E-state index is 12.3. The van der Waals surface area contributed by atoms with Gasteiger partial charge in [0.05, 0.1) is 7.11 Å². The number of nitrogens with zero attached hydrogens (tertiary/aromatic N) is 3. The van der Waals surface area contributed by atoms with Crippen molar-refractivity contribution in [2.45, 2.75) is 6.55 Å². The number of aromatic nitrogens is 3. The summed E-state index contributed by atoms with van der Waals surface area (Å²) in [6.07, 6.45) is 2.28. The van der Waals surface area contributed by atoms with E-state index in [0.717, 1.165) is 6.20 Å². The van der Waals surface area contributed by atoms with Crippen LogP contribution >= 0.6 is 11.6 Å². The maximum atomic E-state index is 12.3. The van der Waals surface area contributed by atoms with Crippen LogP contribution in [-0.4, -0.2) is 27.8 Å². The van der Waals surface area contributed by atoms with Gasteiger partial charge >= 0.3 is 6.55 Å². The zero-order valence-corrected chi connectivity index (χ0v) is 10.9. The first-order valence-electron chi connectivity index (χ1n) is 5.35. The van der Waals surface area contributed by atoms with Gasteiger partial charge in [0.1, 0.15) is 16.5 Å². The fourth-order valence-corrected chi connectivity index (χ4v) is 1.60. The van der Waals surface area contributed by atoms with Crippen LogP contribution in [0.5, 0.6) is 5.75 Å². The molecule has 106 valence electrons. The molecule has 0 unspecified atom stereocenters. The molecule has 2 aromatic heterocycles. The Bertz CT molecular complexity index is 633. The van der Waals surface area contributed by atoms with Crippen molar-refractivity contribution in [3.05, 3.63) is 35.2 Å². The highest BCUT2D eigenvalue weighted by molar-refractivity contribution is 6.29. The van der Waals surface area contributed by atoms with E-state index < -0.39 is 12.5 Å². The van der Waals surface area contributed by atoms with E-state index in [1.54, 1.807) is 0 Å². The number of amides is 1. The van der Waals surface area contributed by atoms with Crippen molar-refractivity contribution in [3.8, 4) is 5.75 Å². The monoisotopic (exact) mass is 302 g/mol. The number of pyridine rings is 1. The number of rotatable bonds is 4. The van der Waals surface area contributed by atoms with Crippen LogP contribution in [0.3, 0.4) is 0 Å². The van der Waals surface area contributed by atoms with E-state index in [4.69, 9.17) is 16.3 Å². The van der Waals surface area contributed by atoms with Crippen molar-refractivity contribution in [2.75, 3.05) is 12.4 Å². The van der Waals surface area contributed by atoms with E-state index in [2.05, 4.69) is 15.4 Å². The number of alkyl halides is 2. The van der Waals surface area contributed by atoms with Gasteiger partial charge in [-0.25, -0.2) is 9.67 Å². The molecule has 1 N–H and O–H groups in total. The number of methoxy groups -OCH3 is 1. The Hall–Kier alpha value is -2.22. The molecular formula is C11H9ClF2N4O2. The Labute approximate surface area is 117 Å². The van der Waals surface area contributed by atoms with Gasteiger partial charge in [-0.2, -0.15) is 13.9 Å². The minimum atomic E-state index is -2.77. The Morgan fingerprint density at radius 3 is 2.90 bits per heavy atom. The lowest BCUT2D eigenvalue weighted by atomic mass is 10.2. The fourth-order valence-electron chi connectivity index (χ4n) is 1.45. The number of nitrogens with one attached hydrogen (secondary N) is 1. The molecule has 0 fully saturated rings. The zero-order chi connectivity index (χ0) is 14.7. The normalized spacial score (nSPS) is 10.7. The fraction of sp³-hybridized carbons (Fsp3) is 0.182. The predicted octanol–water partition coefficient (Wildman–Crippen LogP) is 2.59. The average Bonchev–Trinajstić information content (AvgIpc) is 2.87. The van der Waals surface area contributed by atoms with Crippen molar-refractivity contribution in [1.82, 2.24) is 14.8 Å². The van der Waals surface area contributed by atoms with Gasteiger partial charge < -0.3 is 10.1 Å². The molecule has 2 aromatic rings. The number of halogens is 3. The largest absolute Gasteiger partial charge is 0.496 e. The summed E-state index contributed by atoms with van der Waals surface area (Å²) < 4.78 is 30.1. The van der Waals surface area contributed by atoms with Crippen molar-refractivity contribution in [1.29, 1.82) is 0 Å². The van der Waals surface area contributed by atoms with Gasteiger partial charge in [-0.1, -0.05) is 11.6 Å². The molecule has 2 rings (SSSR count). The van der Waals surface area contributed by atoms with Crippen LogP contribution in [-0.2, 0) is 0 Å². The number of ether oxygens (including phenoxy) is 1. The van der Waals surface area contributed by atoms with Crippen LogP contribution in [0.25, 0.3) is 0 Å². The summed E-state index contributed by atoms with van der Waals surface area (Å²) in [5, 5.41) is 6.02. The molecule has 2 heterocycles. The Morgan fingerprint density at radius 2 is 2.30 bits per heavy atom. The van der Waals surface area contributed by atoms with Crippen LogP contribution in [0, 0.1) is 0 Å².